The molecule has 0 unspecified atom stereocenters. The summed E-state index contributed by atoms with van der Waals surface area (Å²) in [5, 5.41) is 5.94. The maximum Gasteiger partial charge on any atom is 0.224 e. The van der Waals surface area contributed by atoms with Gasteiger partial charge in [0.2, 0.25) is 5.91 Å². The smallest absolute Gasteiger partial charge is 0.224 e. The molecule has 2 aromatic rings. The fourth-order valence-corrected chi connectivity index (χ4v) is 2.41. The molecule has 1 heterocycles. The molecule has 0 fully saturated rings. The molecule has 0 saturated carbocycles. The quantitative estimate of drug-likeness (QED) is 0.908. The number of carbonyl (C=O) groups is 1. The van der Waals surface area contributed by atoms with Gasteiger partial charge in [-0.05, 0) is 47.9 Å². The topological polar surface area (TPSA) is 41.1 Å². The summed E-state index contributed by atoms with van der Waals surface area (Å²) in [7, 11) is 0. The van der Waals surface area contributed by atoms with Crippen molar-refractivity contribution in [2.45, 2.75) is 19.4 Å². The van der Waals surface area contributed by atoms with Crippen molar-refractivity contribution in [1.29, 1.82) is 0 Å². The van der Waals surface area contributed by atoms with Crippen LogP contribution in [0.15, 0.2) is 36.4 Å². The number of hydrogen-bond donors (Lipinski definition) is 2. The summed E-state index contributed by atoms with van der Waals surface area (Å²) >= 11 is 0. The van der Waals surface area contributed by atoms with Gasteiger partial charge >= 0.3 is 0 Å². The van der Waals surface area contributed by atoms with Gasteiger partial charge in [-0.2, -0.15) is 0 Å². The van der Waals surface area contributed by atoms with E-state index in [1.165, 1.54) is 12.1 Å². The number of aryl methyl sites for hydroxylation is 1. The predicted molar refractivity (Wildman–Crippen MR) is 77.1 cm³/mol. The first kappa shape index (κ1) is 13.5. The van der Waals surface area contributed by atoms with Crippen LogP contribution in [0.25, 0.3) is 0 Å². The molecule has 1 amide bonds. The monoisotopic (exact) mass is 288 g/mol. The molecule has 0 atom stereocenters. The molecule has 2 aromatic carbocycles. The van der Waals surface area contributed by atoms with E-state index in [1.54, 1.807) is 0 Å². The molecule has 1 aliphatic heterocycles. The number of fused-ring (bicyclic) bond motifs is 1. The van der Waals surface area contributed by atoms with Crippen molar-refractivity contribution < 1.29 is 13.6 Å². The predicted octanol–water partition coefficient (Wildman–Crippen LogP) is 3.46. The Labute approximate surface area is 121 Å². The molecule has 1 aliphatic rings. The fraction of sp³-hybridized carbons (Fsp3) is 0.188. The maximum atomic E-state index is 13.1. The third-order valence-corrected chi connectivity index (χ3v) is 3.42. The molecule has 0 radical (unpaired) electrons. The van der Waals surface area contributed by atoms with E-state index in [-0.39, 0.29) is 5.91 Å². The van der Waals surface area contributed by atoms with Gasteiger partial charge in [-0.1, -0.05) is 0 Å². The number of hydrogen-bond acceptors (Lipinski definition) is 2. The molecular weight excluding hydrogens is 274 g/mol. The highest BCUT2D eigenvalue weighted by molar-refractivity contribution is 5.94. The molecule has 0 aliphatic carbocycles. The second-order valence-electron chi connectivity index (χ2n) is 5.05. The van der Waals surface area contributed by atoms with Crippen LogP contribution in [0.4, 0.5) is 20.2 Å². The number of benzene rings is 2. The van der Waals surface area contributed by atoms with Gasteiger partial charge in [-0.25, -0.2) is 8.78 Å². The molecule has 21 heavy (non-hydrogen) atoms. The van der Waals surface area contributed by atoms with Crippen LogP contribution in [0.5, 0.6) is 0 Å². The Balaban J connectivity index is 1.72. The van der Waals surface area contributed by atoms with Gasteiger partial charge in [-0.3, -0.25) is 4.79 Å². The Morgan fingerprint density at radius 2 is 1.81 bits per heavy atom. The van der Waals surface area contributed by atoms with Crippen molar-refractivity contribution in [3.8, 4) is 0 Å². The van der Waals surface area contributed by atoms with Crippen LogP contribution in [0.1, 0.15) is 17.5 Å². The highest BCUT2D eigenvalue weighted by Crippen LogP contribution is 2.26. The minimum absolute atomic E-state index is 0.0263. The largest absolute Gasteiger partial charge is 0.381 e. The first-order valence-corrected chi connectivity index (χ1v) is 6.72. The number of anilines is 2. The molecular formula is C16H14F2N2O. The van der Waals surface area contributed by atoms with Crippen LogP contribution in [-0.2, 0) is 17.8 Å². The van der Waals surface area contributed by atoms with Crippen molar-refractivity contribution in [1.82, 2.24) is 0 Å². The summed E-state index contributed by atoms with van der Waals surface area (Å²) in [4.78, 5) is 11.3. The van der Waals surface area contributed by atoms with Crippen molar-refractivity contribution in [2.24, 2.45) is 0 Å². The molecule has 0 saturated heterocycles. The average molecular weight is 288 g/mol. The lowest BCUT2D eigenvalue weighted by Crippen LogP contribution is -2.18. The molecule has 0 bridgehead atoms. The zero-order valence-corrected chi connectivity index (χ0v) is 11.2. The minimum Gasteiger partial charge on any atom is -0.381 e. The van der Waals surface area contributed by atoms with E-state index in [9.17, 15) is 13.6 Å². The van der Waals surface area contributed by atoms with E-state index in [4.69, 9.17) is 0 Å². The summed E-state index contributed by atoms with van der Waals surface area (Å²) in [6, 6.07) is 9.07. The van der Waals surface area contributed by atoms with Crippen LogP contribution < -0.4 is 10.6 Å². The van der Waals surface area contributed by atoms with Crippen LogP contribution in [0, 0.1) is 11.6 Å². The van der Waals surface area contributed by atoms with Crippen molar-refractivity contribution in [3.63, 3.8) is 0 Å². The molecule has 5 heteroatoms. The SMILES string of the molecule is O=C1CCc2cc(NCc3cc(F)cc(F)c3)ccc2N1. The molecule has 108 valence electrons. The normalized spacial score (nSPS) is 13.5. The number of halogens is 2. The Hall–Kier alpha value is -2.43. The van der Waals surface area contributed by atoms with E-state index in [1.807, 2.05) is 18.2 Å². The highest BCUT2D eigenvalue weighted by Gasteiger charge is 2.14. The van der Waals surface area contributed by atoms with Gasteiger partial charge in [-0.15, -0.1) is 0 Å². The fourth-order valence-electron chi connectivity index (χ4n) is 2.41. The Morgan fingerprint density at radius 3 is 2.57 bits per heavy atom. The second kappa shape index (κ2) is 5.52. The van der Waals surface area contributed by atoms with Crippen LogP contribution in [-0.4, -0.2) is 5.91 Å². The zero-order chi connectivity index (χ0) is 14.8. The lowest BCUT2D eigenvalue weighted by Gasteiger charge is -2.18. The maximum absolute atomic E-state index is 13.1. The Kier molecular flexibility index (Phi) is 3.56. The zero-order valence-electron chi connectivity index (χ0n) is 11.2. The van der Waals surface area contributed by atoms with E-state index >= 15 is 0 Å². The average Bonchev–Trinajstić information content (AvgIpc) is 2.44. The third kappa shape index (κ3) is 3.18. The van der Waals surface area contributed by atoms with Crippen LogP contribution >= 0.6 is 0 Å². The lowest BCUT2D eigenvalue weighted by atomic mass is 10.0. The van der Waals surface area contributed by atoms with E-state index in [0.717, 1.165) is 23.0 Å². The van der Waals surface area contributed by atoms with Crippen molar-refractivity contribution >= 4 is 17.3 Å². The number of carbonyl (C=O) groups excluding carboxylic acids is 1. The number of rotatable bonds is 3. The van der Waals surface area contributed by atoms with Gasteiger partial charge in [0.25, 0.3) is 0 Å². The minimum atomic E-state index is -0.583. The first-order chi connectivity index (χ1) is 10.1. The second-order valence-corrected chi connectivity index (χ2v) is 5.05. The van der Waals surface area contributed by atoms with Crippen molar-refractivity contribution in [3.05, 3.63) is 59.2 Å². The third-order valence-electron chi connectivity index (χ3n) is 3.42. The van der Waals surface area contributed by atoms with Gasteiger partial charge in [0.15, 0.2) is 0 Å². The number of amides is 1. The summed E-state index contributed by atoms with van der Waals surface area (Å²) in [6.07, 6.45) is 1.18. The summed E-state index contributed by atoms with van der Waals surface area (Å²) in [5.74, 6) is -1.14. The summed E-state index contributed by atoms with van der Waals surface area (Å²) in [6.45, 7) is 0.333. The van der Waals surface area contributed by atoms with E-state index in [0.29, 0.717) is 24.9 Å². The first-order valence-electron chi connectivity index (χ1n) is 6.72. The van der Waals surface area contributed by atoms with Crippen molar-refractivity contribution in [2.75, 3.05) is 10.6 Å². The molecule has 3 nitrogen and oxygen atoms in total. The highest BCUT2D eigenvalue weighted by atomic mass is 19.1. The number of nitrogens with one attached hydrogen (secondary N) is 2. The lowest BCUT2D eigenvalue weighted by molar-refractivity contribution is -0.116. The standard InChI is InChI=1S/C16H14F2N2O/c17-12-5-10(6-13(18)8-12)9-19-14-2-3-15-11(7-14)1-4-16(21)20-15/h2-3,5-8,19H,1,4,9H2,(H,20,21). The van der Waals surface area contributed by atoms with E-state index in [2.05, 4.69) is 10.6 Å². The van der Waals surface area contributed by atoms with Crippen LogP contribution in [0.3, 0.4) is 0 Å². The van der Waals surface area contributed by atoms with Gasteiger partial charge in [0, 0.05) is 30.4 Å². The summed E-state index contributed by atoms with van der Waals surface area (Å²) < 4.78 is 26.2. The molecule has 3 rings (SSSR count). The Bertz CT molecular complexity index is 680. The van der Waals surface area contributed by atoms with Gasteiger partial charge < -0.3 is 10.6 Å². The molecule has 2 N–H and O–H groups in total. The Morgan fingerprint density at radius 1 is 1.05 bits per heavy atom. The molecule has 0 spiro atoms. The van der Waals surface area contributed by atoms with Crippen LogP contribution in [0.2, 0.25) is 0 Å². The summed E-state index contributed by atoms with van der Waals surface area (Å²) in [5.41, 5.74) is 3.28. The van der Waals surface area contributed by atoms with Gasteiger partial charge in [0.1, 0.15) is 11.6 Å². The molecule has 0 aromatic heterocycles. The van der Waals surface area contributed by atoms with Gasteiger partial charge in [0.05, 0.1) is 0 Å². The van der Waals surface area contributed by atoms with E-state index < -0.39 is 11.6 Å².